The molecule has 78 valence electrons. The monoisotopic (exact) mass is 209 g/mol. The molecule has 13 heavy (non-hydrogen) atoms. The molecule has 0 radical (unpaired) electrons. The molecule has 0 spiro atoms. The second-order valence-electron chi connectivity index (χ2n) is 2.96. The lowest BCUT2D eigenvalue weighted by Gasteiger charge is -2.37. The van der Waals surface area contributed by atoms with E-state index in [0.717, 1.165) is 6.42 Å². The van der Waals surface area contributed by atoms with Crippen molar-refractivity contribution in [2.75, 3.05) is 26.3 Å². The van der Waals surface area contributed by atoms with Crippen LogP contribution in [0.15, 0.2) is 0 Å². The number of ether oxygens (including phenoxy) is 1. The van der Waals surface area contributed by atoms with Crippen molar-refractivity contribution in [1.82, 2.24) is 4.31 Å². The quantitative estimate of drug-likeness (QED) is 0.524. The minimum absolute atomic E-state index is 0.0958. The van der Waals surface area contributed by atoms with Gasteiger partial charge in [-0.05, 0) is 6.42 Å². The number of hydrogen-bond acceptors (Lipinski definition) is 4. The van der Waals surface area contributed by atoms with Crippen LogP contribution in [0.1, 0.15) is 6.42 Å². The maximum absolute atomic E-state index is 10.9. The lowest BCUT2D eigenvalue weighted by atomic mass is 10.1. The van der Waals surface area contributed by atoms with E-state index < -0.39 is 10.2 Å². The third-order valence-electron chi connectivity index (χ3n) is 1.99. The van der Waals surface area contributed by atoms with E-state index in [4.69, 9.17) is 15.6 Å². The van der Waals surface area contributed by atoms with E-state index in [9.17, 15) is 8.42 Å². The van der Waals surface area contributed by atoms with Crippen molar-refractivity contribution in [2.24, 2.45) is 10.9 Å². The molecule has 1 unspecified atom stereocenters. The van der Waals surface area contributed by atoms with Crippen molar-refractivity contribution in [1.29, 1.82) is 0 Å². The molecule has 1 rings (SSSR count). The molecule has 0 aromatic rings. The van der Waals surface area contributed by atoms with Gasteiger partial charge in [0.1, 0.15) is 0 Å². The fraction of sp³-hybridized carbons (Fsp3) is 1.00. The van der Waals surface area contributed by atoms with Crippen LogP contribution in [-0.2, 0) is 14.9 Å². The Morgan fingerprint density at radius 1 is 1.54 bits per heavy atom. The molecule has 1 aliphatic heterocycles. The number of nitrogens with zero attached hydrogens (tertiary/aromatic N) is 1. The first-order chi connectivity index (χ1) is 6.05. The highest BCUT2D eigenvalue weighted by atomic mass is 32.2. The van der Waals surface area contributed by atoms with Gasteiger partial charge in [-0.15, -0.1) is 0 Å². The SMILES string of the molecule is NCCOCC1CCN1S(N)(=O)=O. The van der Waals surface area contributed by atoms with Crippen LogP contribution < -0.4 is 10.9 Å². The van der Waals surface area contributed by atoms with Gasteiger partial charge < -0.3 is 10.5 Å². The molecule has 1 atom stereocenters. The van der Waals surface area contributed by atoms with Crippen molar-refractivity contribution in [3.63, 3.8) is 0 Å². The van der Waals surface area contributed by atoms with Crippen LogP contribution in [0, 0.1) is 0 Å². The summed E-state index contributed by atoms with van der Waals surface area (Å²) < 4.78 is 28.1. The van der Waals surface area contributed by atoms with Gasteiger partial charge in [-0.25, -0.2) is 5.14 Å². The fourth-order valence-corrected chi connectivity index (χ4v) is 2.16. The number of rotatable bonds is 5. The van der Waals surface area contributed by atoms with Gasteiger partial charge in [0, 0.05) is 13.1 Å². The van der Waals surface area contributed by atoms with Crippen molar-refractivity contribution in [3.05, 3.63) is 0 Å². The average Bonchev–Trinajstić information content (AvgIpc) is 1.92. The summed E-state index contributed by atoms with van der Waals surface area (Å²) in [6.07, 6.45) is 0.807. The van der Waals surface area contributed by atoms with Gasteiger partial charge in [0.25, 0.3) is 10.2 Å². The van der Waals surface area contributed by atoms with Crippen LogP contribution >= 0.6 is 0 Å². The summed E-state index contributed by atoms with van der Waals surface area (Å²) in [5.74, 6) is 0. The van der Waals surface area contributed by atoms with Gasteiger partial charge in [-0.2, -0.15) is 12.7 Å². The first-order valence-corrected chi connectivity index (χ1v) is 5.63. The van der Waals surface area contributed by atoms with Gasteiger partial charge >= 0.3 is 0 Å². The Bertz CT molecular complexity index is 254. The third-order valence-corrected chi connectivity index (χ3v) is 3.12. The Balaban J connectivity index is 2.29. The van der Waals surface area contributed by atoms with Gasteiger partial charge in [0.05, 0.1) is 19.3 Å². The van der Waals surface area contributed by atoms with E-state index in [2.05, 4.69) is 0 Å². The largest absolute Gasteiger partial charge is 0.378 e. The summed E-state index contributed by atoms with van der Waals surface area (Å²) in [5.41, 5.74) is 5.21. The van der Waals surface area contributed by atoms with Crippen LogP contribution in [0.3, 0.4) is 0 Å². The molecule has 7 heteroatoms. The zero-order valence-electron chi connectivity index (χ0n) is 7.35. The van der Waals surface area contributed by atoms with Crippen molar-refractivity contribution >= 4 is 10.2 Å². The maximum Gasteiger partial charge on any atom is 0.277 e. The molecule has 0 aromatic carbocycles. The Morgan fingerprint density at radius 2 is 2.23 bits per heavy atom. The zero-order chi connectivity index (χ0) is 9.90. The van der Waals surface area contributed by atoms with E-state index in [-0.39, 0.29) is 6.04 Å². The lowest BCUT2D eigenvalue weighted by molar-refractivity contribution is 0.0551. The molecule has 0 bridgehead atoms. The van der Waals surface area contributed by atoms with Crippen molar-refractivity contribution in [2.45, 2.75) is 12.5 Å². The summed E-state index contributed by atoms with van der Waals surface area (Å²) in [4.78, 5) is 0. The topological polar surface area (TPSA) is 98.7 Å². The summed E-state index contributed by atoms with van der Waals surface area (Å²) in [6.45, 7) is 1.78. The highest BCUT2D eigenvalue weighted by molar-refractivity contribution is 7.86. The van der Waals surface area contributed by atoms with E-state index in [1.165, 1.54) is 4.31 Å². The molecule has 1 aliphatic rings. The van der Waals surface area contributed by atoms with E-state index in [1.54, 1.807) is 0 Å². The fourth-order valence-electron chi connectivity index (χ4n) is 1.22. The van der Waals surface area contributed by atoms with E-state index >= 15 is 0 Å². The molecule has 0 aliphatic carbocycles. The smallest absolute Gasteiger partial charge is 0.277 e. The lowest BCUT2D eigenvalue weighted by Crippen LogP contribution is -2.55. The highest BCUT2D eigenvalue weighted by Crippen LogP contribution is 2.19. The zero-order valence-corrected chi connectivity index (χ0v) is 8.16. The molecule has 4 N–H and O–H groups in total. The maximum atomic E-state index is 10.9. The second kappa shape index (κ2) is 4.34. The van der Waals surface area contributed by atoms with Crippen molar-refractivity contribution in [3.8, 4) is 0 Å². The van der Waals surface area contributed by atoms with Crippen LogP contribution in [0.4, 0.5) is 0 Å². The Hall–Kier alpha value is -0.210. The highest BCUT2D eigenvalue weighted by Gasteiger charge is 2.35. The third kappa shape index (κ3) is 2.89. The summed E-state index contributed by atoms with van der Waals surface area (Å²) in [7, 11) is -3.53. The predicted octanol–water partition coefficient (Wildman–Crippen LogP) is -1.76. The van der Waals surface area contributed by atoms with Gasteiger partial charge in [0.15, 0.2) is 0 Å². The standard InChI is InChI=1S/C6H15N3O3S/c7-2-4-12-5-6-1-3-9(6)13(8,10)11/h6H,1-5,7H2,(H2,8,10,11). The van der Waals surface area contributed by atoms with Crippen molar-refractivity contribution < 1.29 is 13.2 Å². The molecule has 0 aromatic heterocycles. The molecule has 6 nitrogen and oxygen atoms in total. The average molecular weight is 209 g/mol. The molecule has 0 saturated carbocycles. The van der Waals surface area contributed by atoms with E-state index in [0.29, 0.717) is 26.3 Å². The minimum atomic E-state index is -3.53. The number of hydrogen-bond donors (Lipinski definition) is 2. The molecular weight excluding hydrogens is 194 g/mol. The predicted molar refractivity (Wildman–Crippen MR) is 48.1 cm³/mol. The van der Waals surface area contributed by atoms with Crippen LogP contribution in [0.2, 0.25) is 0 Å². The second-order valence-corrected chi connectivity index (χ2v) is 4.46. The summed E-state index contributed by atoms with van der Waals surface area (Å²) in [6, 6.07) is -0.0958. The molecule has 1 heterocycles. The molecule has 1 fully saturated rings. The van der Waals surface area contributed by atoms with Crippen LogP contribution in [0.25, 0.3) is 0 Å². The Labute approximate surface area is 78.0 Å². The van der Waals surface area contributed by atoms with Gasteiger partial charge in [-0.3, -0.25) is 0 Å². The first kappa shape index (κ1) is 10.9. The molecular formula is C6H15N3O3S. The van der Waals surface area contributed by atoms with Crippen LogP contribution in [-0.4, -0.2) is 45.1 Å². The Kier molecular flexibility index (Phi) is 3.63. The summed E-state index contributed by atoms with van der Waals surface area (Å²) >= 11 is 0. The van der Waals surface area contributed by atoms with Crippen LogP contribution in [0.5, 0.6) is 0 Å². The number of nitrogens with two attached hydrogens (primary N) is 2. The molecule has 0 amide bonds. The Morgan fingerprint density at radius 3 is 2.62 bits per heavy atom. The minimum Gasteiger partial charge on any atom is -0.378 e. The summed E-state index contributed by atoms with van der Waals surface area (Å²) in [5, 5.41) is 4.95. The normalized spacial score (nSPS) is 24.3. The molecule has 1 saturated heterocycles. The van der Waals surface area contributed by atoms with Gasteiger partial charge in [0.2, 0.25) is 0 Å². The van der Waals surface area contributed by atoms with E-state index in [1.807, 2.05) is 0 Å². The first-order valence-electron chi connectivity index (χ1n) is 4.13. The van der Waals surface area contributed by atoms with Gasteiger partial charge in [-0.1, -0.05) is 0 Å².